The molecule has 3 aromatic rings. The van der Waals surface area contributed by atoms with E-state index in [0.717, 1.165) is 17.9 Å². The zero-order chi connectivity index (χ0) is 14.8. The van der Waals surface area contributed by atoms with E-state index < -0.39 is 5.76 Å². The average molecular weight is 284 g/mol. The molecule has 1 aromatic carbocycles. The fraction of sp³-hybridized carbons (Fsp3) is 0.200. The first-order chi connectivity index (χ1) is 10.2. The van der Waals surface area contributed by atoms with Crippen LogP contribution in [-0.4, -0.2) is 16.5 Å². The molecule has 0 bridgehead atoms. The molecular formula is C15H16N4O2. The summed E-state index contributed by atoms with van der Waals surface area (Å²) in [6, 6.07) is 9.31. The number of benzene rings is 1. The SMILES string of the molecule is CCN(Cc1ccccn1)c1cc2[nH]c(=O)oc2cc1N. The largest absolute Gasteiger partial charge is 0.417 e. The van der Waals surface area contributed by atoms with E-state index in [2.05, 4.69) is 14.9 Å². The second-order valence-electron chi connectivity index (χ2n) is 4.76. The van der Waals surface area contributed by atoms with E-state index in [-0.39, 0.29) is 0 Å². The van der Waals surface area contributed by atoms with Crippen molar-refractivity contribution in [1.29, 1.82) is 0 Å². The number of nitrogen functional groups attached to an aromatic ring is 1. The number of pyridine rings is 1. The van der Waals surface area contributed by atoms with Crippen molar-refractivity contribution < 1.29 is 4.42 Å². The number of hydrogen-bond acceptors (Lipinski definition) is 5. The molecule has 2 heterocycles. The van der Waals surface area contributed by atoms with Crippen LogP contribution in [0.3, 0.4) is 0 Å². The highest BCUT2D eigenvalue weighted by Crippen LogP contribution is 2.28. The summed E-state index contributed by atoms with van der Waals surface area (Å²) in [5.74, 6) is -0.477. The first kappa shape index (κ1) is 13.2. The summed E-state index contributed by atoms with van der Waals surface area (Å²) in [7, 11) is 0. The number of nitrogens with two attached hydrogens (primary N) is 1. The maximum absolute atomic E-state index is 11.3. The number of H-pyrrole nitrogens is 1. The minimum Gasteiger partial charge on any atom is -0.408 e. The van der Waals surface area contributed by atoms with Crippen LogP contribution in [0.1, 0.15) is 12.6 Å². The van der Waals surface area contributed by atoms with Gasteiger partial charge in [-0.3, -0.25) is 9.97 Å². The summed E-state index contributed by atoms with van der Waals surface area (Å²) in [5, 5.41) is 0. The maximum atomic E-state index is 11.3. The number of aromatic nitrogens is 2. The van der Waals surface area contributed by atoms with Crippen LogP contribution < -0.4 is 16.4 Å². The summed E-state index contributed by atoms with van der Waals surface area (Å²) < 4.78 is 5.01. The predicted octanol–water partition coefficient (Wildman–Crippen LogP) is 2.12. The summed E-state index contributed by atoms with van der Waals surface area (Å²) in [6.07, 6.45) is 1.77. The quantitative estimate of drug-likeness (QED) is 0.716. The molecular weight excluding hydrogens is 268 g/mol. The third-order valence-corrected chi connectivity index (χ3v) is 3.37. The Morgan fingerprint density at radius 1 is 1.38 bits per heavy atom. The first-order valence-corrected chi connectivity index (χ1v) is 6.74. The van der Waals surface area contributed by atoms with E-state index >= 15 is 0 Å². The van der Waals surface area contributed by atoms with Crippen molar-refractivity contribution in [2.24, 2.45) is 0 Å². The van der Waals surface area contributed by atoms with Crippen LogP contribution in [0.5, 0.6) is 0 Å². The zero-order valence-corrected chi connectivity index (χ0v) is 11.7. The molecule has 0 saturated heterocycles. The van der Waals surface area contributed by atoms with Crippen molar-refractivity contribution in [3.63, 3.8) is 0 Å². The Morgan fingerprint density at radius 2 is 2.24 bits per heavy atom. The van der Waals surface area contributed by atoms with Crippen molar-refractivity contribution in [1.82, 2.24) is 9.97 Å². The normalized spacial score (nSPS) is 10.9. The minimum absolute atomic E-state index is 0.468. The molecule has 21 heavy (non-hydrogen) atoms. The molecule has 0 radical (unpaired) electrons. The van der Waals surface area contributed by atoms with Crippen LogP contribution in [0.15, 0.2) is 45.7 Å². The second kappa shape index (κ2) is 5.32. The van der Waals surface area contributed by atoms with Gasteiger partial charge in [-0.15, -0.1) is 0 Å². The van der Waals surface area contributed by atoms with Gasteiger partial charge in [0.2, 0.25) is 0 Å². The topological polar surface area (TPSA) is 88.2 Å². The van der Waals surface area contributed by atoms with Gasteiger partial charge < -0.3 is 15.1 Å². The number of aromatic amines is 1. The van der Waals surface area contributed by atoms with Crippen molar-refractivity contribution in [3.05, 3.63) is 52.8 Å². The third-order valence-electron chi connectivity index (χ3n) is 3.37. The molecule has 108 valence electrons. The molecule has 6 nitrogen and oxygen atoms in total. The van der Waals surface area contributed by atoms with Crippen LogP contribution in [0.4, 0.5) is 11.4 Å². The van der Waals surface area contributed by atoms with Gasteiger partial charge in [0.25, 0.3) is 0 Å². The fourth-order valence-corrected chi connectivity index (χ4v) is 2.33. The maximum Gasteiger partial charge on any atom is 0.417 e. The molecule has 0 amide bonds. The lowest BCUT2D eigenvalue weighted by Crippen LogP contribution is -2.23. The number of rotatable bonds is 4. The minimum atomic E-state index is -0.477. The first-order valence-electron chi connectivity index (χ1n) is 6.74. The smallest absolute Gasteiger partial charge is 0.408 e. The Balaban J connectivity index is 2.00. The van der Waals surface area contributed by atoms with Gasteiger partial charge in [-0.05, 0) is 25.1 Å². The predicted molar refractivity (Wildman–Crippen MR) is 82.2 cm³/mol. The molecule has 0 aliphatic heterocycles. The Hall–Kier alpha value is -2.76. The Kier molecular flexibility index (Phi) is 3.35. The van der Waals surface area contributed by atoms with Crippen molar-refractivity contribution in [2.75, 3.05) is 17.2 Å². The van der Waals surface area contributed by atoms with E-state index in [1.54, 1.807) is 12.3 Å². The molecule has 6 heteroatoms. The van der Waals surface area contributed by atoms with Gasteiger partial charge >= 0.3 is 5.76 Å². The molecule has 2 aromatic heterocycles. The lowest BCUT2D eigenvalue weighted by molar-refractivity contribution is 0.555. The molecule has 0 aliphatic rings. The van der Waals surface area contributed by atoms with E-state index in [9.17, 15) is 4.79 Å². The molecule has 0 saturated carbocycles. The fourth-order valence-electron chi connectivity index (χ4n) is 2.33. The molecule has 0 fully saturated rings. The van der Waals surface area contributed by atoms with Crippen molar-refractivity contribution >= 4 is 22.5 Å². The van der Waals surface area contributed by atoms with Crippen LogP contribution in [0.25, 0.3) is 11.1 Å². The van der Waals surface area contributed by atoms with E-state index in [0.29, 0.717) is 23.3 Å². The highest BCUT2D eigenvalue weighted by Gasteiger charge is 2.13. The standard InChI is InChI=1S/C15H16N4O2/c1-2-19(9-10-5-3-4-6-17-10)13-8-12-14(7-11(13)16)21-15(20)18-12/h3-8H,2,9,16H2,1H3,(H,18,20). The van der Waals surface area contributed by atoms with Crippen molar-refractivity contribution in [2.45, 2.75) is 13.5 Å². The number of hydrogen-bond donors (Lipinski definition) is 2. The number of fused-ring (bicyclic) bond motifs is 1. The summed E-state index contributed by atoms with van der Waals surface area (Å²) in [4.78, 5) is 20.3. The highest BCUT2D eigenvalue weighted by atomic mass is 16.4. The molecule has 0 unspecified atom stereocenters. The average Bonchev–Trinajstić information content (AvgIpc) is 2.84. The van der Waals surface area contributed by atoms with Gasteiger partial charge in [0.05, 0.1) is 29.1 Å². The Labute approximate surface area is 121 Å². The van der Waals surface area contributed by atoms with Crippen LogP contribution in [0.2, 0.25) is 0 Å². The zero-order valence-electron chi connectivity index (χ0n) is 11.7. The van der Waals surface area contributed by atoms with Gasteiger partial charge in [-0.1, -0.05) is 6.07 Å². The summed E-state index contributed by atoms with van der Waals surface area (Å²) >= 11 is 0. The Morgan fingerprint density at radius 3 is 2.95 bits per heavy atom. The van der Waals surface area contributed by atoms with Crippen LogP contribution >= 0.6 is 0 Å². The Bertz CT molecular complexity index is 807. The van der Waals surface area contributed by atoms with E-state index in [1.165, 1.54) is 0 Å². The van der Waals surface area contributed by atoms with Gasteiger partial charge in [0.1, 0.15) is 0 Å². The summed E-state index contributed by atoms with van der Waals surface area (Å²) in [5.41, 5.74) is 9.58. The number of anilines is 2. The second-order valence-corrected chi connectivity index (χ2v) is 4.76. The lowest BCUT2D eigenvalue weighted by Gasteiger charge is -2.24. The lowest BCUT2D eigenvalue weighted by atomic mass is 10.2. The van der Waals surface area contributed by atoms with E-state index in [1.807, 2.05) is 31.2 Å². The molecule has 0 atom stereocenters. The van der Waals surface area contributed by atoms with Gasteiger partial charge in [0, 0.05) is 18.8 Å². The number of oxazole rings is 1. The van der Waals surface area contributed by atoms with Crippen LogP contribution in [-0.2, 0) is 6.54 Å². The molecule has 0 spiro atoms. The number of nitrogens with one attached hydrogen (secondary N) is 1. The van der Waals surface area contributed by atoms with Gasteiger partial charge in [0.15, 0.2) is 5.58 Å². The van der Waals surface area contributed by atoms with Gasteiger partial charge in [-0.2, -0.15) is 0 Å². The summed E-state index contributed by atoms with van der Waals surface area (Å²) in [6.45, 7) is 3.47. The van der Waals surface area contributed by atoms with E-state index in [4.69, 9.17) is 10.2 Å². The molecule has 3 rings (SSSR count). The van der Waals surface area contributed by atoms with Crippen LogP contribution in [0, 0.1) is 0 Å². The van der Waals surface area contributed by atoms with Gasteiger partial charge in [-0.25, -0.2) is 4.79 Å². The van der Waals surface area contributed by atoms with Crippen molar-refractivity contribution in [3.8, 4) is 0 Å². The third kappa shape index (κ3) is 2.60. The monoisotopic (exact) mass is 284 g/mol. The highest BCUT2D eigenvalue weighted by molar-refractivity contribution is 5.85. The number of nitrogens with zero attached hydrogens (tertiary/aromatic N) is 2. The molecule has 3 N–H and O–H groups in total. The molecule has 0 aliphatic carbocycles.